The van der Waals surface area contributed by atoms with Crippen LogP contribution in [0.15, 0.2) is 24.3 Å². The number of anilines is 1. The maximum absolute atomic E-state index is 5.61. The number of ether oxygens (including phenoxy) is 1. The average Bonchev–Trinajstić information content (AvgIpc) is 3.03. The largest absolute Gasteiger partial charge is 0.492 e. The number of fused-ring (bicyclic) bond motifs is 2. The van der Waals surface area contributed by atoms with E-state index in [2.05, 4.69) is 10.6 Å². The van der Waals surface area contributed by atoms with Gasteiger partial charge in [0.2, 0.25) is 0 Å². The lowest BCUT2D eigenvalue weighted by molar-refractivity contribution is 0.342. The van der Waals surface area contributed by atoms with Crippen LogP contribution < -0.4 is 15.4 Å². The third-order valence-electron chi connectivity index (χ3n) is 4.49. The molecule has 20 heavy (non-hydrogen) atoms. The summed E-state index contributed by atoms with van der Waals surface area (Å²) in [6.45, 7) is 2.65. The molecule has 0 spiro atoms. The minimum absolute atomic E-state index is 0.563. The number of nitrogens with one attached hydrogen (secondary N) is 2. The second-order valence-electron chi connectivity index (χ2n) is 5.81. The molecule has 0 unspecified atom stereocenters. The van der Waals surface area contributed by atoms with E-state index in [1.54, 1.807) is 0 Å². The fourth-order valence-electron chi connectivity index (χ4n) is 3.60. The lowest BCUT2D eigenvalue weighted by Gasteiger charge is -2.25. The highest BCUT2D eigenvalue weighted by Crippen LogP contribution is 2.44. The van der Waals surface area contributed by atoms with Gasteiger partial charge in [-0.2, -0.15) is 0 Å². The fraction of sp³-hybridized carbons (Fsp3) is 0.562. The van der Waals surface area contributed by atoms with E-state index in [1.807, 2.05) is 31.2 Å². The first-order valence-electron chi connectivity index (χ1n) is 7.55. The zero-order valence-electron chi connectivity index (χ0n) is 11.9. The van der Waals surface area contributed by atoms with E-state index in [0.717, 1.165) is 28.4 Å². The molecule has 3 nitrogen and oxygen atoms in total. The quantitative estimate of drug-likeness (QED) is 0.831. The Kier molecular flexibility index (Phi) is 4.10. The zero-order chi connectivity index (χ0) is 13.9. The molecule has 0 heterocycles. The van der Waals surface area contributed by atoms with E-state index in [9.17, 15) is 0 Å². The van der Waals surface area contributed by atoms with Gasteiger partial charge >= 0.3 is 0 Å². The molecule has 2 aliphatic carbocycles. The minimum Gasteiger partial charge on any atom is -0.492 e. The summed E-state index contributed by atoms with van der Waals surface area (Å²) in [6.07, 6.45) is 5.44. The lowest BCUT2D eigenvalue weighted by Crippen LogP contribution is -2.40. The smallest absolute Gasteiger partial charge is 0.171 e. The highest BCUT2D eigenvalue weighted by atomic mass is 32.1. The number of benzene rings is 1. The van der Waals surface area contributed by atoms with Crippen LogP contribution in [0.5, 0.6) is 5.75 Å². The Bertz CT molecular complexity index is 491. The Morgan fingerprint density at radius 3 is 2.85 bits per heavy atom. The van der Waals surface area contributed by atoms with Crippen molar-refractivity contribution in [3.05, 3.63) is 24.3 Å². The van der Waals surface area contributed by atoms with Gasteiger partial charge in [0.05, 0.1) is 12.3 Å². The van der Waals surface area contributed by atoms with Crippen molar-refractivity contribution in [1.29, 1.82) is 0 Å². The van der Waals surface area contributed by atoms with E-state index < -0.39 is 0 Å². The summed E-state index contributed by atoms with van der Waals surface area (Å²) >= 11 is 5.45. The number of rotatable bonds is 4. The van der Waals surface area contributed by atoms with Crippen molar-refractivity contribution in [2.24, 2.45) is 11.8 Å². The lowest BCUT2D eigenvalue weighted by atomic mass is 9.96. The molecule has 2 saturated carbocycles. The third-order valence-corrected chi connectivity index (χ3v) is 4.71. The average molecular weight is 290 g/mol. The molecule has 2 fully saturated rings. The van der Waals surface area contributed by atoms with E-state index in [1.165, 1.54) is 25.7 Å². The molecule has 108 valence electrons. The Morgan fingerprint density at radius 1 is 1.30 bits per heavy atom. The Balaban J connectivity index is 1.59. The molecule has 0 radical (unpaired) electrons. The molecule has 0 aromatic heterocycles. The van der Waals surface area contributed by atoms with Gasteiger partial charge in [-0.3, -0.25) is 0 Å². The summed E-state index contributed by atoms with van der Waals surface area (Å²) in [4.78, 5) is 0. The van der Waals surface area contributed by atoms with Gasteiger partial charge in [0.15, 0.2) is 5.11 Å². The van der Waals surface area contributed by atoms with Crippen LogP contribution in [-0.2, 0) is 0 Å². The van der Waals surface area contributed by atoms with Crippen molar-refractivity contribution >= 4 is 23.0 Å². The number of para-hydroxylation sites is 2. The van der Waals surface area contributed by atoms with Crippen molar-refractivity contribution in [2.75, 3.05) is 11.9 Å². The van der Waals surface area contributed by atoms with Gasteiger partial charge in [0, 0.05) is 6.04 Å². The normalized spacial score (nSPS) is 27.4. The van der Waals surface area contributed by atoms with Crippen LogP contribution in [0.25, 0.3) is 0 Å². The van der Waals surface area contributed by atoms with E-state index in [-0.39, 0.29) is 0 Å². The summed E-state index contributed by atoms with van der Waals surface area (Å²) in [5.41, 5.74) is 0.940. The highest BCUT2D eigenvalue weighted by molar-refractivity contribution is 7.80. The van der Waals surface area contributed by atoms with Crippen molar-refractivity contribution in [2.45, 2.75) is 38.6 Å². The molecule has 2 bridgehead atoms. The van der Waals surface area contributed by atoms with Crippen molar-refractivity contribution in [3.8, 4) is 5.75 Å². The van der Waals surface area contributed by atoms with Crippen LogP contribution in [0.1, 0.15) is 32.6 Å². The van der Waals surface area contributed by atoms with Gasteiger partial charge in [-0.1, -0.05) is 18.6 Å². The molecule has 1 aromatic carbocycles. The van der Waals surface area contributed by atoms with Crippen LogP contribution in [0.3, 0.4) is 0 Å². The van der Waals surface area contributed by atoms with Crippen LogP contribution in [0.4, 0.5) is 5.69 Å². The summed E-state index contributed by atoms with van der Waals surface area (Å²) in [5.74, 6) is 2.60. The second kappa shape index (κ2) is 6.00. The Hall–Kier alpha value is -1.29. The summed E-state index contributed by atoms with van der Waals surface area (Å²) < 4.78 is 5.61. The summed E-state index contributed by atoms with van der Waals surface area (Å²) in [5, 5.41) is 7.49. The highest BCUT2D eigenvalue weighted by Gasteiger charge is 2.39. The SMILES string of the molecule is CCOc1ccccc1NC(=S)N[C@H]1C[C@H]2CC[C@@H]1C2. The molecule has 3 rings (SSSR count). The monoisotopic (exact) mass is 290 g/mol. The van der Waals surface area contributed by atoms with Crippen molar-refractivity contribution in [3.63, 3.8) is 0 Å². The maximum Gasteiger partial charge on any atom is 0.171 e. The van der Waals surface area contributed by atoms with Crippen LogP contribution >= 0.6 is 12.2 Å². The van der Waals surface area contributed by atoms with Crippen LogP contribution in [0.2, 0.25) is 0 Å². The molecule has 0 saturated heterocycles. The first-order valence-corrected chi connectivity index (χ1v) is 7.96. The maximum atomic E-state index is 5.61. The number of hydrogen-bond donors (Lipinski definition) is 2. The molecule has 0 aliphatic heterocycles. The number of hydrogen-bond acceptors (Lipinski definition) is 2. The van der Waals surface area contributed by atoms with Crippen molar-refractivity contribution in [1.82, 2.24) is 5.32 Å². The fourth-order valence-corrected chi connectivity index (χ4v) is 3.86. The molecular formula is C16H22N2OS. The van der Waals surface area contributed by atoms with Crippen LogP contribution in [0, 0.1) is 11.8 Å². The predicted molar refractivity (Wildman–Crippen MR) is 86.2 cm³/mol. The zero-order valence-corrected chi connectivity index (χ0v) is 12.7. The third kappa shape index (κ3) is 2.90. The van der Waals surface area contributed by atoms with E-state index >= 15 is 0 Å². The summed E-state index contributed by atoms with van der Waals surface area (Å²) in [7, 11) is 0. The molecule has 0 amide bonds. The van der Waals surface area contributed by atoms with Crippen LogP contribution in [-0.4, -0.2) is 17.8 Å². The van der Waals surface area contributed by atoms with Gasteiger partial charge in [0.1, 0.15) is 5.75 Å². The topological polar surface area (TPSA) is 33.3 Å². The standard InChI is InChI=1S/C16H22N2OS/c1-2-19-15-6-4-3-5-13(15)17-16(20)18-14-10-11-7-8-12(14)9-11/h3-6,11-12,14H,2,7-10H2,1H3,(H2,17,18,20)/t11-,12+,14-/m0/s1. The van der Waals surface area contributed by atoms with Crippen molar-refractivity contribution < 1.29 is 4.74 Å². The molecule has 4 heteroatoms. The molecule has 2 N–H and O–H groups in total. The Morgan fingerprint density at radius 2 is 2.15 bits per heavy atom. The first kappa shape index (κ1) is 13.7. The van der Waals surface area contributed by atoms with Gasteiger partial charge in [0.25, 0.3) is 0 Å². The van der Waals surface area contributed by atoms with E-state index in [4.69, 9.17) is 17.0 Å². The molecule has 3 atom stereocenters. The first-order chi connectivity index (χ1) is 9.76. The second-order valence-corrected chi connectivity index (χ2v) is 6.22. The molecule has 2 aliphatic rings. The molecule has 1 aromatic rings. The Labute approximate surface area is 126 Å². The minimum atomic E-state index is 0.563. The summed E-state index contributed by atoms with van der Waals surface area (Å²) in [6, 6.07) is 8.49. The van der Waals surface area contributed by atoms with Gasteiger partial charge in [-0.25, -0.2) is 0 Å². The van der Waals surface area contributed by atoms with Gasteiger partial charge < -0.3 is 15.4 Å². The van der Waals surface area contributed by atoms with Gasteiger partial charge in [-0.05, 0) is 62.4 Å². The predicted octanol–water partition coefficient (Wildman–Crippen LogP) is 3.56. The van der Waals surface area contributed by atoms with E-state index in [0.29, 0.717) is 12.6 Å². The molecular weight excluding hydrogens is 268 g/mol. The van der Waals surface area contributed by atoms with Gasteiger partial charge in [-0.15, -0.1) is 0 Å². The number of thiocarbonyl (C=S) groups is 1.